The van der Waals surface area contributed by atoms with Gasteiger partial charge in [-0.25, -0.2) is 0 Å². The van der Waals surface area contributed by atoms with Gasteiger partial charge in [-0.05, 0) is 6.42 Å². The number of carbonyl (C=O) groups is 1. The molecule has 0 spiro atoms. The van der Waals surface area contributed by atoms with Gasteiger partial charge in [0.05, 0.1) is 5.75 Å². The largest absolute Gasteiger partial charge is 0.355 e. The van der Waals surface area contributed by atoms with E-state index in [2.05, 4.69) is 24.5 Å². The lowest BCUT2D eigenvalue weighted by Gasteiger charge is -1.97. The van der Waals surface area contributed by atoms with E-state index >= 15 is 0 Å². The van der Waals surface area contributed by atoms with Crippen LogP contribution in [0.5, 0.6) is 0 Å². The fraction of sp³-hybridized carbons (Fsp3) is 0.500. The van der Waals surface area contributed by atoms with E-state index in [-0.39, 0.29) is 11.7 Å². The van der Waals surface area contributed by atoms with Crippen LogP contribution in [0.25, 0.3) is 0 Å². The zero-order chi connectivity index (χ0) is 7.11. The van der Waals surface area contributed by atoms with E-state index in [0.717, 1.165) is 6.42 Å². The zero-order valence-electron chi connectivity index (χ0n) is 5.26. The number of rotatable bonds is 4. The first-order valence-corrected chi connectivity index (χ1v) is 3.43. The fourth-order valence-corrected chi connectivity index (χ4v) is 0.481. The highest BCUT2D eigenvalue weighted by Gasteiger charge is 1.91. The molecule has 0 aliphatic rings. The predicted octanol–water partition coefficient (Wildman–Crippen LogP) is 0.609. The normalized spacial score (nSPS) is 8.56. The number of hydrogen-bond donors (Lipinski definition) is 2. The van der Waals surface area contributed by atoms with Crippen molar-refractivity contribution in [3.05, 3.63) is 12.7 Å². The van der Waals surface area contributed by atoms with E-state index in [0.29, 0.717) is 6.54 Å². The molecule has 9 heavy (non-hydrogen) atoms. The summed E-state index contributed by atoms with van der Waals surface area (Å²) in [6.07, 6.45) is 2.58. The van der Waals surface area contributed by atoms with Crippen molar-refractivity contribution in [3.63, 3.8) is 0 Å². The molecular weight excluding hydrogens is 134 g/mol. The lowest BCUT2D eigenvalue weighted by Crippen LogP contribution is -2.24. The van der Waals surface area contributed by atoms with E-state index in [4.69, 9.17) is 0 Å². The second-order valence-electron chi connectivity index (χ2n) is 1.59. The van der Waals surface area contributed by atoms with Crippen molar-refractivity contribution < 1.29 is 4.79 Å². The summed E-state index contributed by atoms with van der Waals surface area (Å²) < 4.78 is 0. The number of hydrogen-bond acceptors (Lipinski definition) is 2. The van der Waals surface area contributed by atoms with Crippen LogP contribution in [-0.4, -0.2) is 18.2 Å². The Morgan fingerprint density at radius 2 is 2.44 bits per heavy atom. The van der Waals surface area contributed by atoms with Gasteiger partial charge in [-0.1, -0.05) is 6.08 Å². The van der Waals surface area contributed by atoms with Gasteiger partial charge >= 0.3 is 0 Å². The third-order valence-electron chi connectivity index (χ3n) is 0.814. The maximum Gasteiger partial charge on any atom is 0.229 e. The highest BCUT2D eigenvalue weighted by molar-refractivity contribution is 7.81. The third-order valence-corrected chi connectivity index (χ3v) is 1.10. The van der Waals surface area contributed by atoms with Gasteiger partial charge in [0, 0.05) is 6.54 Å². The number of amides is 1. The van der Waals surface area contributed by atoms with Crippen LogP contribution in [0.3, 0.4) is 0 Å². The molecule has 1 N–H and O–H groups in total. The molecule has 2 nitrogen and oxygen atoms in total. The summed E-state index contributed by atoms with van der Waals surface area (Å²) in [5.74, 6) is 0.233. The summed E-state index contributed by atoms with van der Waals surface area (Å²) in [5.41, 5.74) is 0. The van der Waals surface area contributed by atoms with Crippen molar-refractivity contribution in [2.24, 2.45) is 0 Å². The molecule has 0 atom stereocenters. The average molecular weight is 145 g/mol. The van der Waals surface area contributed by atoms with Gasteiger partial charge in [0.1, 0.15) is 0 Å². The quantitative estimate of drug-likeness (QED) is 0.339. The molecule has 0 radical (unpaired) electrons. The van der Waals surface area contributed by atoms with Gasteiger partial charge < -0.3 is 5.32 Å². The molecule has 0 aromatic rings. The maximum atomic E-state index is 10.5. The van der Waals surface area contributed by atoms with Crippen molar-refractivity contribution in [2.45, 2.75) is 6.42 Å². The molecule has 0 bridgehead atoms. The lowest BCUT2D eigenvalue weighted by molar-refractivity contribution is -0.118. The Labute approximate surface area is 60.7 Å². The van der Waals surface area contributed by atoms with Gasteiger partial charge in [0.25, 0.3) is 0 Å². The Bertz CT molecular complexity index is 103. The molecule has 0 saturated carbocycles. The third kappa shape index (κ3) is 5.43. The van der Waals surface area contributed by atoms with Crippen molar-refractivity contribution >= 4 is 18.5 Å². The summed E-state index contributed by atoms with van der Waals surface area (Å²) in [6.45, 7) is 4.18. The van der Waals surface area contributed by atoms with Gasteiger partial charge in [-0.2, -0.15) is 12.6 Å². The molecule has 0 heterocycles. The van der Waals surface area contributed by atoms with Crippen LogP contribution in [0.4, 0.5) is 0 Å². The van der Waals surface area contributed by atoms with E-state index < -0.39 is 0 Å². The van der Waals surface area contributed by atoms with Crippen molar-refractivity contribution in [1.82, 2.24) is 5.32 Å². The first-order chi connectivity index (χ1) is 4.31. The molecule has 0 saturated heterocycles. The Balaban J connectivity index is 3.06. The standard InChI is InChI=1S/C6H11NOS/c1-2-3-4-7-6(8)5-9/h2,9H,1,3-5H2,(H,7,8). The van der Waals surface area contributed by atoms with E-state index in [1.165, 1.54) is 0 Å². The Kier molecular flexibility index (Phi) is 5.41. The SMILES string of the molecule is C=CCCNC(=O)CS. The molecule has 0 unspecified atom stereocenters. The minimum absolute atomic E-state index is 0.0276. The minimum Gasteiger partial charge on any atom is -0.355 e. The maximum absolute atomic E-state index is 10.5. The van der Waals surface area contributed by atoms with Crippen LogP contribution >= 0.6 is 12.6 Å². The fourth-order valence-electron chi connectivity index (χ4n) is 0.370. The highest BCUT2D eigenvalue weighted by atomic mass is 32.1. The van der Waals surface area contributed by atoms with Crippen LogP contribution in [0, 0.1) is 0 Å². The first-order valence-electron chi connectivity index (χ1n) is 2.79. The van der Waals surface area contributed by atoms with Crippen LogP contribution in [0.2, 0.25) is 0 Å². The van der Waals surface area contributed by atoms with E-state index in [1.54, 1.807) is 6.08 Å². The smallest absolute Gasteiger partial charge is 0.229 e. The van der Waals surface area contributed by atoms with Crippen LogP contribution < -0.4 is 5.32 Å². The molecule has 52 valence electrons. The van der Waals surface area contributed by atoms with E-state index in [9.17, 15) is 4.79 Å². The Morgan fingerprint density at radius 3 is 2.89 bits per heavy atom. The molecule has 0 fully saturated rings. The predicted molar refractivity (Wildman–Crippen MR) is 41.7 cm³/mol. The number of carbonyl (C=O) groups excluding carboxylic acids is 1. The second-order valence-corrected chi connectivity index (χ2v) is 1.90. The summed E-state index contributed by atoms with van der Waals surface area (Å²) in [5, 5.41) is 2.65. The van der Waals surface area contributed by atoms with Crippen LogP contribution in [0.15, 0.2) is 12.7 Å². The topological polar surface area (TPSA) is 29.1 Å². The van der Waals surface area contributed by atoms with Crippen molar-refractivity contribution in [2.75, 3.05) is 12.3 Å². The molecule has 3 heteroatoms. The Morgan fingerprint density at radius 1 is 1.78 bits per heavy atom. The molecule has 1 amide bonds. The van der Waals surface area contributed by atoms with Crippen molar-refractivity contribution in [1.29, 1.82) is 0 Å². The van der Waals surface area contributed by atoms with E-state index in [1.807, 2.05) is 0 Å². The summed E-state index contributed by atoms with van der Waals surface area (Å²) in [6, 6.07) is 0. The van der Waals surface area contributed by atoms with Gasteiger partial charge in [0.15, 0.2) is 0 Å². The van der Waals surface area contributed by atoms with Gasteiger partial charge in [-0.15, -0.1) is 6.58 Å². The monoisotopic (exact) mass is 145 g/mol. The molecule has 0 aliphatic heterocycles. The molecule has 0 rings (SSSR count). The molecule has 0 aliphatic carbocycles. The molecule has 0 aromatic carbocycles. The number of nitrogens with one attached hydrogen (secondary N) is 1. The highest BCUT2D eigenvalue weighted by Crippen LogP contribution is 1.77. The second kappa shape index (κ2) is 5.69. The molecule has 0 aromatic heterocycles. The van der Waals surface area contributed by atoms with Gasteiger partial charge in [0.2, 0.25) is 5.91 Å². The van der Waals surface area contributed by atoms with Gasteiger partial charge in [-0.3, -0.25) is 4.79 Å². The zero-order valence-corrected chi connectivity index (χ0v) is 6.16. The summed E-state index contributed by atoms with van der Waals surface area (Å²) in [4.78, 5) is 10.5. The summed E-state index contributed by atoms with van der Waals surface area (Å²) >= 11 is 3.78. The van der Waals surface area contributed by atoms with Crippen LogP contribution in [-0.2, 0) is 4.79 Å². The Hall–Kier alpha value is -0.440. The first kappa shape index (κ1) is 8.56. The average Bonchev–Trinajstić information content (AvgIpc) is 1.89. The number of thiol groups is 1. The van der Waals surface area contributed by atoms with Crippen molar-refractivity contribution in [3.8, 4) is 0 Å². The molecular formula is C6H11NOS. The lowest BCUT2D eigenvalue weighted by atomic mass is 10.4. The minimum atomic E-state index is -0.0276. The van der Waals surface area contributed by atoms with Crippen LogP contribution in [0.1, 0.15) is 6.42 Å². The summed E-state index contributed by atoms with van der Waals surface area (Å²) in [7, 11) is 0.